The highest BCUT2D eigenvalue weighted by atomic mass is 16.5. The second kappa shape index (κ2) is 6.11. The van der Waals surface area contributed by atoms with Crippen molar-refractivity contribution in [2.24, 2.45) is 17.3 Å². The summed E-state index contributed by atoms with van der Waals surface area (Å²) < 4.78 is 5.53. The molecule has 2 fully saturated rings. The Morgan fingerprint density at radius 2 is 1.95 bits per heavy atom. The number of carbonyl (C=O) groups is 1. The minimum Gasteiger partial charge on any atom is -0.462 e. The first-order valence-electron chi connectivity index (χ1n) is 7.87. The molecule has 2 aliphatic carbocycles. The highest BCUT2D eigenvalue weighted by Gasteiger charge is 2.42. The van der Waals surface area contributed by atoms with E-state index in [-0.39, 0.29) is 11.4 Å². The van der Waals surface area contributed by atoms with Crippen LogP contribution >= 0.6 is 0 Å². The van der Waals surface area contributed by atoms with E-state index in [1.165, 1.54) is 51.4 Å². The normalized spacial score (nSPS) is 33.8. The molecule has 0 aromatic heterocycles. The van der Waals surface area contributed by atoms with Gasteiger partial charge in [0.1, 0.15) is 0 Å². The summed E-state index contributed by atoms with van der Waals surface area (Å²) in [6.07, 6.45) is 10.5. The zero-order chi connectivity index (χ0) is 13.9. The molecule has 2 bridgehead atoms. The smallest absolute Gasteiger partial charge is 0.333 e. The predicted molar refractivity (Wildman–Crippen MR) is 77.8 cm³/mol. The third-order valence-electron chi connectivity index (χ3n) is 4.97. The van der Waals surface area contributed by atoms with Crippen molar-refractivity contribution in [1.82, 2.24) is 0 Å². The van der Waals surface area contributed by atoms with Crippen LogP contribution in [0.5, 0.6) is 0 Å². The van der Waals surface area contributed by atoms with E-state index in [2.05, 4.69) is 13.5 Å². The lowest BCUT2D eigenvalue weighted by molar-refractivity contribution is -0.145. The molecule has 19 heavy (non-hydrogen) atoms. The van der Waals surface area contributed by atoms with Crippen LogP contribution in [-0.2, 0) is 9.53 Å². The molecule has 0 radical (unpaired) electrons. The van der Waals surface area contributed by atoms with E-state index in [0.29, 0.717) is 12.2 Å². The fourth-order valence-electron chi connectivity index (χ4n) is 4.35. The molecule has 108 valence electrons. The lowest BCUT2D eigenvalue weighted by Crippen LogP contribution is -2.39. The van der Waals surface area contributed by atoms with Gasteiger partial charge < -0.3 is 4.74 Å². The minimum absolute atomic E-state index is 0.216. The maximum atomic E-state index is 11.7. The molecule has 2 aliphatic rings. The quantitative estimate of drug-likeness (QED) is 0.540. The van der Waals surface area contributed by atoms with Crippen LogP contribution in [0.15, 0.2) is 12.2 Å². The van der Waals surface area contributed by atoms with Crippen LogP contribution in [0.2, 0.25) is 0 Å². The topological polar surface area (TPSA) is 26.3 Å². The van der Waals surface area contributed by atoms with Gasteiger partial charge in [-0.25, -0.2) is 4.79 Å². The van der Waals surface area contributed by atoms with Crippen molar-refractivity contribution < 1.29 is 9.53 Å². The molecule has 0 aromatic rings. The second-order valence-electron chi connectivity index (χ2n) is 6.91. The Morgan fingerprint density at radius 3 is 2.47 bits per heavy atom. The molecule has 0 aromatic carbocycles. The van der Waals surface area contributed by atoms with Crippen LogP contribution in [0.1, 0.15) is 65.2 Å². The molecule has 0 aliphatic heterocycles. The summed E-state index contributed by atoms with van der Waals surface area (Å²) in [4.78, 5) is 11.7. The van der Waals surface area contributed by atoms with Crippen LogP contribution in [0.3, 0.4) is 0 Å². The van der Waals surface area contributed by atoms with Gasteiger partial charge in [0.05, 0.1) is 6.61 Å². The maximum absolute atomic E-state index is 11.7. The molecule has 2 saturated carbocycles. The summed E-state index contributed by atoms with van der Waals surface area (Å²) >= 11 is 0. The number of hydrogen-bond acceptors (Lipinski definition) is 2. The largest absolute Gasteiger partial charge is 0.462 e. The van der Waals surface area contributed by atoms with Crippen molar-refractivity contribution in [3.63, 3.8) is 0 Å². The summed E-state index contributed by atoms with van der Waals surface area (Å²) in [6.45, 7) is 8.25. The van der Waals surface area contributed by atoms with Crippen molar-refractivity contribution in [3.05, 3.63) is 12.2 Å². The Kier molecular flexibility index (Phi) is 4.70. The lowest BCUT2D eigenvalue weighted by atomic mass is 9.59. The standard InChI is InChI=1S/C17H28O2/c1-4-8-17(12-19-16(18)13(2)3)10-14-6-5-7-15(9-14)11-17/h14-15H,2,4-12H2,1,3H3. The molecular weight excluding hydrogens is 236 g/mol. The van der Waals surface area contributed by atoms with Crippen LogP contribution < -0.4 is 0 Å². The average molecular weight is 264 g/mol. The van der Waals surface area contributed by atoms with E-state index in [9.17, 15) is 4.79 Å². The Hall–Kier alpha value is -0.790. The fraction of sp³-hybridized carbons (Fsp3) is 0.824. The number of hydrogen-bond donors (Lipinski definition) is 0. The van der Waals surface area contributed by atoms with E-state index in [1.54, 1.807) is 6.92 Å². The Balaban J connectivity index is 2.01. The molecule has 0 N–H and O–H groups in total. The van der Waals surface area contributed by atoms with Crippen molar-refractivity contribution >= 4 is 5.97 Å². The summed E-state index contributed by atoms with van der Waals surface area (Å²) in [5.74, 6) is 1.54. The number of esters is 1. The molecule has 0 saturated heterocycles. The monoisotopic (exact) mass is 264 g/mol. The van der Waals surface area contributed by atoms with Gasteiger partial charge in [-0.15, -0.1) is 0 Å². The molecule has 2 rings (SSSR count). The van der Waals surface area contributed by atoms with Gasteiger partial charge in [0.25, 0.3) is 0 Å². The Bertz CT molecular complexity index is 333. The zero-order valence-electron chi connectivity index (χ0n) is 12.5. The molecule has 2 nitrogen and oxygen atoms in total. The van der Waals surface area contributed by atoms with Gasteiger partial charge in [-0.05, 0) is 44.4 Å². The van der Waals surface area contributed by atoms with Crippen molar-refractivity contribution in [2.45, 2.75) is 65.2 Å². The summed E-state index contributed by atoms with van der Waals surface area (Å²) in [6, 6.07) is 0. The van der Waals surface area contributed by atoms with Gasteiger partial charge in [0, 0.05) is 11.0 Å². The van der Waals surface area contributed by atoms with E-state index >= 15 is 0 Å². The molecule has 2 atom stereocenters. The van der Waals surface area contributed by atoms with Gasteiger partial charge in [-0.1, -0.05) is 39.2 Å². The van der Waals surface area contributed by atoms with Crippen molar-refractivity contribution in [3.8, 4) is 0 Å². The van der Waals surface area contributed by atoms with E-state index < -0.39 is 0 Å². The third kappa shape index (κ3) is 3.61. The summed E-state index contributed by atoms with van der Waals surface area (Å²) in [7, 11) is 0. The third-order valence-corrected chi connectivity index (χ3v) is 4.97. The number of carbonyl (C=O) groups excluding carboxylic acids is 1. The van der Waals surface area contributed by atoms with Crippen LogP contribution in [0, 0.1) is 17.3 Å². The molecule has 2 heteroatoms. The van der Waals surface area contributed by atoms with Crippen LogP contribution in [-0.4, -0.2) is 12.6 Å². The van der Waals surface area contributed by atoms with Crippen LogP contribution in [0.25, 0.3) is 0 Å². The Labute approximate surface area is 117 Å². The van der Waals surface area contributed by atoms with Gasteiger partial charge in [0.15, 0.2) is 0 Å². The first-order chi connectivity index (χ1) is 9.04. The highest BCUT2D eigenvalue weighted by molar-refractivity contribution is 5.86. The van der Waals surface area contributed by atoms with Gasteiger partial charge in [-0.3, -0.25) is 0 Å². The number of fused-ring (bicyclic) bond motifs is 2. The summed E-state index contributed by atoms with van der Waals surface area (Å²) in [5.41, 5.74) is 0.774. The van der Waals surface area contributed by atoms with E-state index in [4.69, 9.17) is 4.74 Å². The molecular formula is C17H28O2. The minimum atomic E-state index is -0.216. The molecule has 2 unspecified atom stereocenters. The van der Waals surface area contributed by atoms with Crippen molar-refractivity contribution in [2.75, 3.05) is 6.61 Å². The van der Waals surface area contributed by atoms with Crippen molar-refractivity contribution in [1.29, 1.82) is 0 Å². The van der Waals surface area contributed by atoms with Crippen LogP contribution in [0.4, 0.5) is 0 Å². The molecule has 0 amide bonds. The Morgan fingerprint density at radius 1 is 1.32 bits per heavy atom. The number of rotatable bonds is 5. The fourth-order valence-corrected chi connectivity index (χ4v) is 4.35. The van der Waals surface area contributed by atoms with Gasteiger partial charge in [0.2, 0.25) is 0 Å². The van der Waals surface area contributed by atoms with Gasteiger partial charge >= 0.3 is 5.97 Å². The SMILES string of the molecule is C=C(C)C(=O)OCC1(CCC)CC2CCCC(C2)C1. The van der Waals surface area contributed by atoms with Gasteiger partial charge in [-0.2, -0.15) is 0 Å². The maximum Gasteiger partial charge on any atom is 0.333 e. The zero-order valence-corrected chi connectivity index (χ0v) is 12.5. The first kappa shape index (κ1) is 14.6. The number of ether oxygens (including phenoxy) is 1. The van der Waals surface area contributed by atoms with E-state index in [0.717, 1.165) is 11.8 Å². The summed E-state index contributed by atoms with van der Waals surface area (Å²) in [5, 5.41) is 0. The lowest BCUT2D eigenvalue weighted by Gasteiger charge is -2.47. The molecule has 0 heterocycles. The predicted octanol–water partition coefficient (Wildman–Crippen LogP) is 4.49. The second-order valence-corrected chi connectivity index (χ2v) is 6.91. The highest BCUT2D eigenvalue weighted by Crippen LogP contribution is 2.51. The molecule has 0 spiro atoms. The first-order valence-corrected chi connectivity index (χ1v) is 7.87. The average Bonchev–Trinajstić information content (AvgIpc) is 2.36. The van der Waals surface area contributed by atoms with E-state index in [1.807, 2.05) is 0 Å².